The number of hydrogen-bond donors (Lipinski definition) is 1. The van der Waals surface area contributed by atoms with Gasteiger partial charge in [-0.1, -0.05) is 30.3 Å². The number of nitrogens with zero attached hydrogens (tertiary/aromatic N) is 2. The molecule has 2 aliphatic rings. The lowest BCUT2D eigenvalue weighted by Gasteiger charge is -2.36. The molecule has 6 nitrogen and oxygen atoms in total. The summed E-state index contributed by atoms with van der Waals surface area (Å²) in [6, 6.07) is 10.0. The van der Waals surface area contributed by atoms with Gasteiger partial charge in [-0.25, -0.2) is 0 Å². The minimum atomic E-state index is -0.347. The van der Waals surface area contributed by atoms with Crippen LogP contribution in [0.4, 0.5) is 0 Å². The van der Waals surface area contributed by atoms with Crippen LogP contribution in [0.2, 0.25) is 0 Å². The first-order chi connectivity index (χ1) is 12.2. The molecule has 6 heteroatoms. The van der Waals surface area contributed by atoms with E-state index in [1.807, 2.05) is 23.1 Å². The second-order valence-electron chi connectivity index (χ2n) is 6.63. The summed E-state index contributed by atoms with van der Waals surface area (Å²) in [5, 5.41) is 2.90. The molecule has 136 valence electrons. The predicted octanol–water partition coefficient (Wildman–Crippen LogP) is 0.668. The largest absolute Gasteiger partial charge is 0.378 e. The van der Waals surface area contributed by atoms with Gasteiger partial charge >= 0.3 is 0 Å². The Bertz CT molecular complexity index is 573. The Morgan fingerprint density at radius 2 is 1.92 bits per heavy atom. The Hall–Kier alpha value is -1.92. The van der Waals surface area contributed by atoms with Gasteiger partial charge in [-0.3, -0.25) is 14.5 Å². The molecule has 2 heterocycles. The van der Waals surface area contributed by atoms with Crippen molar-refractivity contribution in [3.8, 4) is 0 Å². The molecule has 25 heavy (non-hydrogen) atoms. The topological polar surface area (TPSA) is 61.9 Å². The van der Waals surface area contributed by atoms with Crippen LogP contribution in [0.3, 0.4) is 0 Å². The highest BCUT2D eigenvalue weighted by Crippen LogP contribution is 2.13. The Morgan fingerprint density at radius 1 is 1.16 bits per heavy atom. The van der Waals surface area contributed by atoms with Crippen molar-refractivity contribution >= 4 is 11.8 Å². The number of carbonyl (C=O) groups excluding carboxylic acids is 2. The summed E-state index contributed by atoms with van der Waals surface area (Å²) < 4.78 is 5.29. The van der Waals surface area contributed by atoms with E-state index < -0.39 is 0 Å². The van der Waals surface area contributed by atoms with Gasteiger partial charge in [0.15, 0.2) is 0 Å². The summed E-state index contributed by atoms with van der Waals surface area (Å²) in [6.45, 7) is 4.73. The third-order valence-electron chi connectivity index (χ3n) is 4.93. The van der Waals surface area contributed by atoms with Crippen molar-refractivity contribution in [2.75, 3.05) is 45.9 Å². The van der Waals surface area contributed by atoms with Gasteiger partial charge in [0.1, 0.15) is 0 Å². The van der Waals surface area contributed by atoms with Gasteiger partial charge in [0.25, 0.3) is 0 Å². The van der Waals surface area contributed by atoms with E-state index in [0.717, 1.165) is 25.9 Å². The lowest BCUT2D eigenvalue weighted by Crippen LogP contribution is -2.57. The number of carbonyl (C=O) groups is 2. The number of ether oxygens (including phenoxy) is 1. The van der Waals surface area contributed by atoms with Crippen molar-refractivity contribution in [2.45, 2.75) is 25.3 Å². The van der Waals surface area contributed by atoms with Crippen LogP contribution < -0.4 is 5.32 Å². The standard InChI is InChI=1S/C19H27N3O3/c23-18(22-11-13-25-14-12-22)15-17-19(24)20-8-10-21(17)9-4-7-16-5-2-1-3-6-16/h1-3,5-6,17H,4,7-15H2,(H,20,24)/t17-/m1/s1. The minimum absolute atomic E-state index is 0.0208. The second kappa shape index (κ2) is 8.97. The van der Waals surface area contributed by atoms with E-state index >= 15 is 0 Å². The van der Waals surface area contributed by atoms with E-state index in [-0.39, 0.29) is 24.3 Å². The lowest BCUT2D eigenvalue weighted by molar-refractivity contribution is -0.141. The number of aryl methyl sites for hydroxylation is 1. The fourth-order valence-corrected chi connectivity index (χ4v) is 3.49. The number of piperazine rings is 1. The number of nitrogens with one attached hydrogen (secondary N) is 1. The SMILES string of the molecule is O=C1NCCN(CCCc2ccccc2)[C@@H]1CC(=O)N1CCOCC1. The molecule has 1 atom stereocenters. The third-order valence-corrected chi connectivity index (χ3v) is 4.93. The summed E-state index contributed by atoms with van der Waals surface area (Å²) in [5.74, 6) is 0.0333. The first-order valence-corrected chi connectivity index (χ1v) is 9.15. The number of rotatable bonds is 6. The molecule has 0 spiro atoms. The molecule has 1 aromatic rings. The maximum Gasteiger partial charge on any atom is 0.237 e. The Morgan fingerprint density at radius 3 is 2.68 bits per heavy atom. The van der Waals surface area contributed by atoms with Crippen molar-refractivity contribution in [3.63, 3.8) is 0 Å². The van der Waals surface area contributed by atoms with Crippen molar-refractivity contribution in [1.29, 1.82) is 0 Å². The van der Waals surface area contributed by atoms with Gasteiger partial charge in [0, 0.05) is 26.2 Å². The van der Waals surface area contributed by atoms with Crippen LogP contribution >= 0.6 is 0 Å². The van der Waals surface area contributed by atoms with Crippen molar-refractivity contribution in [1.82, 2.24) is 15.1 Å². The molecule has 1 N–H and O–H groups in total. The molecule has 2 saturated heterocycles. The molecule has 2 aliphatic heterocycles. The molecule has 0 aromatic heterocycles. The van der Waals surface area contributed by atoms with E-state index in [0.29, 0.717) is 32.8 Å². The molecular weight excluding hydrogens is 318 g/mol. The quantitative estimate of drug-likeness (QED) is 0.823. The second-order valence-corrected chi connectivity index (χ2v) is 6.63. The van der Waals surface area contributed by atoms with Gasteiger partial charge < -0.3 is 15.0 Å². The normalized spacial score (nSPS) is 21.8. The summed E-state index contributed by atoms with van der Waals surface area (Å²) >= 11 is 0. The average molecular weight is 345 g/mol. The highest BCUT2D eigenvalue weighted by molar-refractivity contribution is 5.88. The first-order valence-electron chi connectivity index (χ1n) is 9.15. The molecule has 0 unspecified atom stereocenters. The summed E-state index contributed by atoms with van der Waals surface area (Å²) in [6.07, 6.45) is 2.24. The van der Waals surface area contributed by atoms with E-state index in [9.17, 15) is 9.59 Å². The molecule has 0 radical (unpaired) electrons. The van der Waals surface area contributed by atoms with Crippen LogP contribution in [0.5, 0.6) is 0 Å². The van der Waals surface area contributed by atoms with Gasteiger partial charge in [0.05, 0.1) is 25.7 Å². The molecule has 2 amide bonds. The molecule has 2 fully saturated rings. The average Bonchev–Trinajstić information content (AvgIpc) is 2.66. The van der Waals surface area contributed by atoms with Crippen LogP contribution in [0, 0.1) is 0 Å². The minimum Gasteiger partial charge on any atom is -0.378 e. The van der Waals surface area contributed by atoms with E-state index in [2.05, 4.69) is 22.3 Å². The number of benzene rings is 1. The molecule has 1 aromatic carbocycles. The van der Waals surface area contributed by atoms with Gasteiger partial charge in [-0.15, -0.1) is 0 Å². The Balaban J connectivity index is 1.53. The van der Waals surface area contributed by atoms with Gasteiger partial charge in [-0.05, 0) is 24.9 Å². The van der Waals surface area contributed by atoms with Crippen LogP contribution in [0.25, 0.3) is 0 Å². The smallest absolute Gasteiger partial charge is 0.237 e. The van der Waals surface area contributed by atoms with Crippen molar-refractivity contribution < 1.29 is 14.3 Å². The van der Waals surface area contributed by atoms with E-state index in [1.54, 1.807) is 0 Å². The predicted molar refractivity (Wildman–Crippen MR) is 95.1 cm³/mol. The molecular formula is C19H27N3O3. The number of hydrogen-bond acceptors (Lipinski definition) is 4. The maximum absolute atomic E-state index is 12.5. The van der Waals surface area contributed by atoms with Gasteiger partial charge in [-0.2, -0.15) is 0 Å². The van der Waals surface area contributed by atoms with Gasteiger partial charge in [0.2, 0.25) is 11.8 Å². The zero-order valence-corrected chi connectivity index (χ0v) is 14.7. The van der Waals surface area contributed by atoms with Crippen LogP contribution in [0.15, 0.2) is 30.3 Å². The lowest BCUT2D eigenvalue weighted by atomic mass is 10.1. The number of morpholine rings is 1. The Kier molecular flexibility index (Phi) is 6.42. The highest BCUT2D eigenvalue weighted by atomic mass is 16.5. The van der Waals surface area contributed by atoms with Crippen LogP contribution in [0.1, 0.15) is 18.4 Å². The summed E-state index contributed by atoms with van der Waals surface area (Å²) in [4.78, 5) is 28.8. The molecule has 0 aliphatic carbocycles. The first kappa shape index (κ1) is 17.9. The maximum atomic E-state index is 12.5. The fraction of sp³-hybridized carbons (Fsp3) is 0.579. The monoisotopic (exact) mass is 345 g/mol. The zero-order valence-electron chi connectivity index (χ0n) is 14.7. The molecule has 0 saturated carbocycles. The summed E-state index contributed by atoms with van der Waals surface area (Å²) in [5.41, 5.74) is 1.31. The fourth-order valence-electron chi connectivity index (χ4n) is 3.49. The highest BCUT2D eigenvalue weighted by Gasteiger charge is 2.32. The van der Waals surface area contributed by atoms with E-state index in [4.69, 9.17) is 4.74 Å². The molecule has 3 rings (SSSR count). The Labute approximate surface area is 149 Å². The zero-order chi connectivity index (χ0) is 17.5. The van der Waals surface area contributed by atoms with Crippen LogP contribution in [-0.2, 0) is 20.7 Å². The van der Waals surface area contributed by atoms with Crippen molar-refractivity contribution in [2.24, 2.45) is 0 Å². The van der Waals surface area contributed by atoms with Crippen LogP contribution in [-0.4, -0.2) is 73.6 Å². The van der Waals surface area contributed by atoms with Crippen molar-refractivity contribution in [3.05, 3.63) is 35.9 Å². The third kappa shape index (κ3) is 5.03. The number of amides is 2. The van der Waals surface area contributed by atoms with E-state index in [1.165, 1.54) is 5.56 Å². The molecule has 0 bridgehead atoms. The summed E-state index contributed by atoms with van der Waals surface area (Å²) in [7, 11) is 0.